The van der Waals surface area contributed by atoms with Crippen molar-refractivity contribution in [1.29, 1.82) is 0 Å². The molecule has 4 amide bonds. The van der Waals surface area contributed by atoms with Crippen molar-refractivity contribution >= 4 is 35.6 Å². The van der Waals surface area contributed by atoms with E-state index in [1.165, 1.54) is 24.3 Å². The van der Waals surface area contributed by atoms with Gasteiger partial charge in [0.15, 0.2) is 0 Å². The molecule has 0 bridgehead atoms. The van der Waals surface area contributed by atoms with E-state index in [0.717, 1.165) is 0 Å². The molecule has 0 saturated heterocycles. The Kier molecular flexibility index (Phi) is 13.9. The molecule has 15 nitrogen and oxygen atoms in total. The summed E-state index contributed by atoms with van der Waals surface area (Å²) in [6.45, 7) is 0.336. The third-order valence-electron chi connectivity index (χ3n) is 5.62. The number of aliphatic carboxylic acids is 2. The second-order valence-corrected chi connectivity index (χ2v) is 8.89. The number of phenols is 1. The number of carboxylic acid groups (broad SMARTS) is 2. The van der Waals surface area contributed by atoms with Gasteiger partial charge in [-0.25, -0.2) is 4.79 Å². The van der Waals surface area contributed by atoms with Crippen LogP contribution >= 0.6 is 0 Å². The van der Waals surface area contributed by atoms with Crippen LogP contribution < -0.4 is 33.2 Å². The first-order valence-corrected chi connectivity index (χ1v) is 12.2. The first-order valence-electron chi connectivity index (χ1n) is 12.2. The van der Waals surface area contributed by atoms with Crippen molar-refractivity contribution in [3.05, 3.63) is 29.8 Å². The van der Waals surface area contributed by atoms with Gasteiger partial charge in [0.25, 0.3) is 0 Å². The minimum atomic E-state index is -1.65. The van der Waals surface area contributed by atoms with Gasteiger partial charge in [0.05, 0.1) is 12.5 Å². The van der Waals surface area contributed by atoms with Crippen molar-refractivity contribution in [1.82, 2.24) is 16.0 Å². The summed E-state index contributed by atoms with van der Waals surface area (Å²) in [5, 5.41) is 35.2. The van der Waals surface area contributed by atoms with Crippen LogP contribution in [-0.4, -0.2) is 81.6 Å². The first kappa shape index (κ1) is 32.8. The number of nitrogens with one attached hydrogen (secondary N) is 3. The van der Waals surface area contributed by atoms with E-state index in [1.807, 2.05) is 0 Å². The van der Waals surface area contributed by atoms with Gasteiger partial charge in [-0.15, -0.1) is 0 Å². The summed E-state index contributed by atoms with van der Waals surface area (Å²) in [7, 11) is 0. The molecule has 12 N–H and O–H groups in total. The fraction of sp³-hybridized carbons (Fsp3) is 0.500. The van der Waals surface area contributed by atoms with Gasteiger partial charge in [-0.3, -0.25) is 24.0 Å². The van der Waals surface area contributed by atoms with E-state index in [0.29, 0.717) is 24.9 Å². The van der Waals surface area contributed by atoms with E-state index in [9.17, 15) is 44.1 Å². The van der Waals surface area contributed by atoms with Gasteiger partial charge in [0.2, 0.25) is 23.6 Å². The second-order valence-electron chi connectivity index (χ2n) is 8.89. The predicted molar refractivity (Wildman–Crippen MR) is 137 cm³/mol. The van der Waals surface area contributed by atoms with Crippen molar-refractivity contribution in [2.24, 2.45) is 17.2 Å². The highest BCUT2D eigenvalue weighted by Gasteiger charge is 2.31. The SMILES string of the molecule is NCCCCC(NC(=O)C(Cc1ccc(O)cc1)NC(=O)C(CC(=O)O)NC(=O)C(N)CCC(N)=O)C(=O)O. The molecule has 1 rings (SSSR count). The molecule has 0 aromatic heterocycles. The number of aromatic hydroxyl groups is 1. The zero-order chi connectivity index (χ0) is 29.5. The lowest BCUT2D eigenvalue weighted by Gasteiger charge is -2.25. The van der Waals surface area contributed by atoms with Crippen LogP contribution in [0.1, 0.15) is 44.1 Å². The predicted octanol–water partition coefficient (Wildman–Crippen LogP) is -2.33. The largest absolute Gasteiger partial charge is 0.508 e. The van der Waals surface area contributed by atoms with Crippen LogP contribution in [0.3, 0.4) is 0 Å². The van der Waals surface area contributed by atoms with Crippen LogP contribution in [0.15, 0.2) is 24.3 Å². The molecule has 0 aliphatic heterocycles. The molecule has 0 aliphatic carbocycles. The molecule has 0 saturated carbocycles. The number of hydrogen-bond acceptors (Lipinski definition) is 9. The summed E-state index contributed by atoms with van der Waals surface area (Å²) in [6.07, 6.45) is -0.330. The van der Waals surface area contributed by atoms with Crippen molar-refractivity contribution < 1.29 is 44.1 Å². The quantitative estimate of drug-likeness (QED) is 0.0871. The summed E-state index contributed by atoms with van der Waals surface area (Å²) >= 11 is 0. The molecule has 1 aromatic carbocycles. The Morgan fingerprint density at radius 2 is 1.36 bits per heavy atom. The van der Waals surface area contributed by atoms with Crippen LogP contribution in [0, 0.1) is 0 Å². The Bertz CT molecular complexity index is 1020. The standard InChI is InChI=1S/C24H36N6O9/c25-10-2-1-3-16(24(38)39)28-22(36)17(11-13-4-6-14(31)7-5-13)30-23(37)18(12-20(33)34)29-21(35)15(26)8-9-19(27)32/h4-7,15-18,31H,1-3,8-12,25-26H2,(H2,27,32)(H,28,36)(H,29,35)(H,30,37)(H,33,34)(H,38,39). The van der Waals surface area contributed by atoms with Crippen LogP contribution in [0.5, 0.6) is 5.75 Å². The number of unbranched alkanes of at least 4 members (excludes halogenated alkanes) is 1. The van der Waals surface area contributed by atoms with Crippen molar-refractivity contribution in [3.63, 3.8) is 0 Å². The van der Waals surface area contributed by atoms with Gasteiger partial charge < -0.3 is 48.5 Å². The Hall–Kier alpha value is -4.24. The molecule has 4 unspecified atom stereocenters. The van der Waals surface area contributed by atoms with Crippen molar-refractivity contribution in [3.8, 4) is 5.75 Å². The second kappa shape index (κ2) is 16.6. The minimum absolute atomic E-state index is 0.0495. The number of carbonyl (C=O) groups excluding carboxylic acids is 4. The van der Waals surface area contributed by atoms with E-state index >= 15 is 0 Å². The number of hydrogen-bond donors (Lipinski definition) is 9. The van der Waals surface area contributed by atoms with Crippen molar-refractivity contribution in [2.75, 3.05) is 6.54 Å². The Balaban J connectivity index is 3.12. The van der Waals surface area contributed by atoms with Gasteiger partial charge in [-0.1, -0.05) is 12.1 Å². The van der Waals surface area contributed by atoms with Gasteiger partial charge in [0.1, 0.15) is 23.9 Å². The smallest absolute Gasteiger partial charge is 0.326 e. The maximum atomic E-state index is 13.1. The van der Waals surface area contributed by atoms with E-state index in [2.05, 4.69) is 16.0 Å². The van der Waals surface area contributed by atoms with Crippen LogP contribution in [0.4, 0.5) is 0 Å². The normalized spacial score (nSPS) is 13.8. The Labute approximate surface area is 224 Å². The number of amides is 4. The molecule has 0 fully saturated rings. The summed E-state index contributed by atoms with van der Waals surface area (Å²) in [4.78, 5) is 72.5. The lowest BCUT2D eigenvalue weighted by Crippen LogP contribution is -2.58. The maximum Gasteiger partial charge on any atom is 0.326 e. The molecule has 39 heavy (non-hydrogen) atoms. The molecule has 216 valence electrons. The fourth-order valence-electron chi connectivity index (χ4n) is 3.46. The van der Waals surface area contributed by atoms with Gasteiger partial charge in [0, 0.05) is 12.8 Å². The molecule has 0 spiro atoms. The highest BCUT2D eigenvalue weighted by Crippen LogP contribution is 2.12. The lowest BCUT2D eigenvalue weighted by atomic mass is 10.0. The Morgan fingerprint density at radius 3 is 1.90 bits per heavy atom. The first-order chi connectivity index (χ1) is 18.3. The molecule has 1 aromatic rings. The third kappa shape index (κ3) is 12.7. The van der Waals surface area contributed by atoms with E-state index in [1.54, 1.807) is 0 Å². The number of benzene rings is 1. The van der Waals surface area contributed by atoms with E-state index in [-0.39, 0.29) is 31.4 Å². The van der Waals surface area contributed by atoms with Crippen LogP contribution in [0.2, 0.25) is 0 Å². The number of rotatable bonds is 18. The molecule has 15 heteroatoms. The zero-order valence-electron chi connectivity index (χ0n) is 21.3. The fourth-order valence-corrected chi connectivity index (χ4v) is 3.46. The van der Waals surface area contributed by atoms with Crippen LogP contribution in [0.25, 0.3) is 0 Å². The molecule has 0 aliphatic rings. The van der Waals surface area contributed by atoms with Crippen molar-refractivity contribution in [2.45, 2.75) is 69.1 Å². The molecular formula is C24H36N6O9. The zero-order valence-corrected chi connectivity index (χ0v) is 21.3. The van der Waals surface area contributed by atoms with Crippen LogP contribution in [-0.2, 0) is 35.2 Å². The monoisotopic (exact) mass is 552 g/mol. The third-order valence-corrected chi connectivity index (χ3v) is 5.62. The van der Waals surface area contributed by atoms with E-state index in [4.69, 9.17) is 17.2 Å². The minimum Gasteiger partial charge on any atom is -0.508 e. The molecule has 0 heterocycles. The topological polar surface area (TPSA) is 277 Å². The highest BCUT2D eigenvalue weighted by molar-refractivity contribution is 5.95. The number of carbonyl (C=O) groups is 6. The number of primary amides is 1. The highest BCUT2D eigenvalue weighted by atomic mass is 16.4. The molecular weight excluding hydrogens is 516 g/mol. The van der Waals surface area contributed by atoms with Gasteiger partial charge >= 0.3 is 11.9 Å². The summed E-state index contributed by atoms with van der Waals surface area (Å²) in [6, 6.07) is 0.0841. The average molecular weight is 553 g/mol. The van der Waals surface area contributed by atoms with E-state index < -0.39 is 66.2 Å². The number of nitrogens with two attached hydrogens (primary N) is 3. The van der Waals surface area contributed by atoms with Gasteiger partial charge in [-0.2, -0.15) is 0 Å². The molecule has 4 atom stereocenters. The number of carboxylic acids is 2. The summed E-state index contributed by atoms with van der Waals surface area (Å²) in [5.74, 6) is -6.31. The Morgan fingerprint density at radius 1 is 0.795 bits per heavy atom. The van der Waals surface area contributed by atoms with Gasteiger partial charge in [-0.05, 0) is 49.9 Å². The number of phenolic OH excluding ortho intramolecular Hbond substituents is 1. The average Bonchev–Trinajstić information content (AvgIpc) is 2.86. The maximum absolute atomic E-state index is 13.1. The lowest BCUT2D eigenvalue weighted by molar-refractivity contribution is -0.143. The molecule has 0 radical (unpaired) electrons. The summed E-state index contributed by atoms with van der Waals surface area (Å²) < 4.78 is 0. The summed E-state index contributed by atoms with van der Waals surface area (Å²) in [5.41, 5.74) is 16.6.